The minimum Gasteiger partial charge on any atom is -0.376 e. The molecule has 0 unspecified atom stereocenters. The summed E-state index contributed by atoms with van der Waals surface area (Å²) < 4.78 is 5.65. The molecule has 3 saturated heterocycles. The van der Waals surface area contributed by atoms with Gasteiger partial charge in [0.05, 0.1) is 19.3 Å². The maximum absolute atomic E-state index is 12.5. The zero-order chi connectivity index (χ0) is 16.1. The maximum Gasteiger partial charge on any atom is 0.236 e. The number of amides is 1. The topological polar surface area (TPSA) is 36.0 Å². The molecule has 132 valence electrons. The fraction of sp³-hybridized carbons (Fsp3) is 0.944. The molecule has 0 saturated carbocycles. The standard InChI is InChI=1S/C18H33N3O2/c1-16-14-21(12-13-23-16)17-6-10-19(11-7-17)15-18(22)20-8-4-2-3-5-9-20/h16-17H,2-15H2,1H3/t16-/m1/s1. The van der Waals surface area contributed by atoms with Crippen LogP contribution in [0.4, 0.5) is 0 Å². The van der Waals surface area contributed by atoms with Gasteiger partial charge in [-0.15, -0.1) is 0 Å². The molecule has 3 rings (SSSR count). The molecule has 23 heavy (non-hydrogen) atoms. The van der Waals surface area contributed by atoms with E-state index in [1.807, 2.05) is 0 Å². The van der Waals surface area contributed by atoms with Crippen LogP contribution in [0.5, 0.6) is 0 Å². The lowest BCUT2D eigenvalue weighted by Gasteiger charge is -2.41. The summed E-state index contributed by atoms with van der Waals surface area (Å²) in [7, 11) is 0. The second-order valence-electron chi connectivity index (χ2n) is 7.48. The predicted octanol–water partition coefficient (Wildman–Crippen LogP) is 1.57. The number of carbonyl (C=O) groups is 1. The molecule has 0 aromatic heterocycles. The van der Waals surface area contributed by atoms with Crippen LogP contribution in [0.1, 0.15) is 45.4 Å². The van der Waals surface area contributed by atoms with Crippen LogP contribution < -0.4 is 0 Å². The number of carbonyl (C=O) groups excluding carboxylic acids is 1. The van der Waals surface area contributed by atoms with Crippen LogP contribution in [0.25, 0.3) is 0 Å². The second-order valence-corrected chi connectivity index (χ2v) is 7.48. The molecule has 3 aliphatic rings. The fourth-order valence-electron chi connectivity index (χ4n) is 4.23. The Labute approximate surface area is 140 Å². The summed E-state index contributed by atoms with van der Waals surface area (Å²) in [6.07, 6.45) is 7.69. The van der Waals surface area contributed by atoms with Gasteiger partial charge in [0.25, 0.3) is 0 Å². The lowest BCUT2D eigenvalue weighted by atomic mass is 10.0. The highest BCUT2D eigenvalue weighted by atomic mass is 16.5. The van der Waals surface area contributed by atoms with Gasteiger partial charge in [0, 0.05) is 45.3 Å². The summed E-state index contributed by atoms with van der Waals surface area (Å²) >= 11 is 0. The monoisotopic (exact) mass is 323 g/mol. The first-order chi connectivity index (χ1) is 11.2. The molecule has 0 N–H and O–H groups in total. The van der Waals surface area contributed by atoms with Crippen LogP contribution in [0, 0.1) is 0 Å². The molecular weight excluding hydrogens is 290 g/mol. The van der Waals surface area contributed by atoms with Gasteiger partial charge < -0.3 is 9.64 Å². The van der Waals surface area contributed by atoms with Gasteiger partial charge >= 0.3 is 0 Å². The molecule has 5 nitrogen and oxygen atoms in total. The first-order valence-electron chi connectivity index (χ1n) is 9.58. The molecule has 3 fully saturated rings. The van der Waals surface area contributed by atoms with E-state index in [1.54, 1.807) is 0 Å². The Bertz CT molecular complexity index is 374. The van der Waals surface area contributed by atoms with Crippen molar-refractivity contribution < 1.29 is 9.53 Å². The molecule has 5 heteroatoms. The third-order valence-electron chi connectivity index (χ3n) is 5.66. The van der Waals surface area contributed by atoms with E-state index in [4.69, 9.17) is 4.74 Å². The molecule has 1 atom stereocenters. The summed E-state index contributed by atoms with van der Waals surface area (Å²) in [4.78, 5) is 19.6. The van der Waals surface area contributed by atoms with Gasteiger partial charge in [0.2, 0.25) is 5.91 Å². The molecule has 3 heterocycles. The number of morpholine rings is 1. The summed E-state index contributed by atoms with van der Waals surface area (Å²) in [5.41, 5.74) is 0. The Morgan fingerprint density at radius 2 is 1.70 bits per heavy atom. The predicted molar refractivity (Wildman–Crippen MR) is 91.5 cm³/mol. The SMILES string of the molecule is C[C@@H]1CN(C2CCN(CC(=O)N3CCCCCC3)CC2)CCO1. The summed E-state index contributed by atoms with van der Waals surface area (Å²) in [5.74, 6) is 0.352. The van der Waals surface area contributed by atoms with Crippen LogP contribution >= 0.6 is 0 Å². The molecule has 0 bridgehead atoms. The Hall–Kier alpha value is -0.650. The van der Waals surface area contributed by atoms with Gasteiger partial charge in [-0.1, -0.05) is 12.8 Å². The second kappa shape index (κ2) is 8.45. The van der Waals surface area contributed by atoms with E-state index in [2.05, 4.69) is 21.6 Å². The van der Waals surface area contributed by atoms with Gasteiger partial charge in [-0.05, 0) is 32.6 Å². The van der Waals surface area contributed by atoms with Crippen LogP contribution in [-0.2, 0) is 9.53 Å². The molecule has 0 aliphatic carbocycles. The van der Waals surface area contributed by atoms with Crippen LogP contribution in [0.15, 0.2) is 0 Å². The maximum atomic E-state index is 12.5. The third-order valence-corrected chi connectivity index (χ3v) is 5.66. The molecule has 0 radical (unpaired) electrons. The molecule has 1 amide bonds. The number of ether oxygens (including phenoxy) is 1. The first kappa shape index (κ1) is 17.2. The number of likely N-dealkylation sites (tertiary alicyclic amines) is 2. The van der Waals surface area contributed by atoms with Crippen molar-refractivity contribution in [3.8, 4) is 0 Å². The molecule has 0 aromatic rings. The fourth-order valence-corrected chi connectivity index (χ4v) is 4.23. The van der Waals surface area contributed by atoms with E-state index < -0.39 is 0 Å². The van der Waals surface area contributed by atoms with Gasteiger partial charge in [-0.2, -0.15) is 0 Å². The van der Waals surface area contributed by atoms with E-state index in [0.29, 0.717) is 24.6 Å². The lowest BCUT2D eigenvalue weighted by molar-refractivity contribution is -0.132. The Balaban J connectivity index is 1.41. The summed E-state index contributed by atoms with van der Waals surface area (Å²) in [6, 6.07) is 0.686. The largest absolute Gasteiger partial charge is 0.376 e. The van der Waals surface area contributed by atoms with E-state index >= 15 is 0 Å². The van der Waals surface area contributed by atoms with Crippen LogP contribution in [0.2, 0.25) is 0 Å². The zero-order valence-electron chi connectivity index (χ0n) is 14.7. The number of rotatable bonds is 3. The molecule has 0 aromatic carbocycles. The van der Waals surface area contributed by atoms with Crippen molar-refractivity contribution in [1.82, 2.24) is 14.7 Å². The average Bonchev–Trinajstić information content (AvgIpc) is 2.85. The van der Waals surface area contributed by atoms with Crippen molar-refractivity contribution in [3.05, 3.63) is 0 Å². The number of hydrogen-bond acceptors (Lipinski definition) is 4. The van der Waals surface area contributed by atoms with E-state index in [1.165, 1.54) is 38.5 Å². The molecule has 0 spiro atoms. The van der Waals surface area contributed by atoms with Crippen molar-refractivity contribution in [2.45, 2.75) is 57.6 Å². The van der Waals surface area contributed by atoms with Gasteiger partial charge in [0.15, 0.2) is 0 Å². The molecule has 3 aliphatic heterocycles. The Kier molecular flexibility index (Phi) is 6.31. The van der Waals surface area contributed by atoms with Crippen molar-refractivity contribution in [1.29, 1.82) is 0 Å². The van der Waals surface area contributed by atoms with Crippen molar-refractivity contribution in [2.24, 2.45) is 0 Å². The van der Waals surface area contributed by atoms with Crippen molar-refractivity contribution >= 4 is 5.91 Å². The Morgan fingerprint density at radius 3 is 2.35 bits per heavy atom. The zero-order valence-corrected chi connectivity index (χ0v) is 14.7. The summed E-state index contributed by atoms with van der Waals surface area (Å²) in [6.45, 7) is 9.88. The van der Waals surface area contributed by atoms with E-state index in [0.717, 1.165) is 45.9 Å². The lowest BCUT2D eigenvalue weighted by Crippen LogP contribution is -2.52. The average molecular weight is 323 g/mol. The highest BCUT2D eigenvalue weighted by Crippen LogP contribution is 2.19. The first-order valence-corrected chi connectivity index (χ1v) is 9.58. The van der Waals surface area contributed by atoms with E-state index in [-0.39, 0.29) is 0 Å². The highest BCUT2D eigenvalue weighted by molar-refractivity contribution is 5.78. The van der Waals surface area contributed by atoms with E-state index in [9.17, 15) is 4.79 Å². The minimum absolute atomic E-state index is 0.352. The van der Waals surface area contributed by atoms with Crippen LogP contribution in [0.3, 0.4) is 0 Å². The minimum atomic E-state index is 0.352. The van der Waals surface area contributed by atoms with Crippen molar-refractivity contribution in [3.63, 3.8) is 0 Å². The van der Waals surface area contributed by atoms with Gasteiger partial charge in [-0.25, -0.2) is 0 Å². The summed E-state index contributed by atoms with van der Waals surface area (Å²) in [5, 5.41) is 0. The quantitative estimate of drug-likeness (QED) is 0.790. The highest BCUT2D eigenvalue weighted by Gasteiger charge is 2.29. The Morgan fingerprint density at radius 1 is 1.00 bits per heavy atom. The molecular formula is C18H33N3O2. The third kappa shape index (κ3) is 4.91. The normalized spacial score (nSPS) is 29.4. The van der Waals surface area contributed by atoms with Crippen LogP contribution in [-0.4, -0.2) is 85.2 Å². The van der Waals surface area contributed by atoms with Gasteiger partial charge in [-0.3, -0.25) is 14.6 Å². The number of hydrogen-bond donors (Lipinski definition) is 0. The smallest absolute Gasteiger partial charge is 0.236 e. The van der Waals surface area contributed by atoms with Crippen molar-refractivity contribution in [2.75, 3.05) is 52.4 Å². The number of piperidine rings is 1. The number of nitrogens with zero attached hydrogens (tertiary/aromatic N) is 3. The van der Waals surface area contributed by atoms with Gasteiger partial charge in [0.1, 0.15) is 0 Å².